The second-order valence-corrected chi connectivity index (χ2v) is 3.46. The number of carboxylic acid groups (broad SMARTS) is 1. The molecule has 0 spiro atoms. The Morgan fingerprint density at radius 3 is 2.40 bits per heavy atom. The lowest BCUT2D eigenvalue weighted by Crippen LogP contribution is -2.40. The van der Waals surface area contributed by atoms with E-state index in [4.69, 9.17) is 9.84 Å². The first-order valence-corrected chi connectivity index (χ1v) is 5.08. The van der Waals surface area contributed by atoms with E-state index in [1.807, 2.05) is 20.8 Å². The molecule has 88 valence electrons. The number of aliphatic carboxylic acids is 1. The van der Waals surface area contributed by atoms with E-state index in [1.165, 1.54) is 4.90 Å². The fourth-order valence-corrected chi connectivity index (χ4v) is 1.16. The molecule has 0 saturated carbocycles. The largest absolute Gasteiger partial charge is 0.481 e. The van der Waals surface area contributed by atoms with Gasteiger partial charge in [0.2, 0.25) is 5.91 Å². The van der Waals surface area contributed by atoms with Crippen LogP contribution in [0.25, 0.3) is 0 Å². The molecule has 5 nitrogen and oxygen atoms in total. The van der Waals surface area contributed by atoms with Crippen molar-refractivity contribution >= 4 is 11.9 Å². The average Bonchev–Trinajstić information content (AvgIpc) is 2.13. The Morgan fingerprint density at radius 2 is 2.00 bits per heavy atom. The van der Waals surface area contributed by atoms with E-state index in [0.29, 0.717) is 6.61 Å². The Labute approximate surface area is 90.0 Å². The van der Waals surface area contributed by atoms with Crippen LogP contribution in [0.3, 0.4) is 0 Å². The standard InChI is InChI=1S/C10H19NO4/c1-4-15-7-9(12)11(8(2)3)6-5-10(13)14/h8H,4-7H2,1-3H3,(H,13,14). The highest BCUT2D eigenvalue weighted by Gasteiger charge is 2.17. The quantitative estimate of drug-likeness (QED) is 0.682. The molecule has 0 aliphatic heterocycles. The molecule has 0 aromatic heterocycles. The molecule has 0 heterocycles. The molecule has 0 aliphatic rings. The molecule has 15 heavy (non-hydrogen) atoms. The normalized spacial score (nSPS) is 10.4. The van der Waals surface area contributed by atoms with Crippen molar-refractivity contribution in [3.05, 3.63) is 0 Å². The van der Waals surface area contributed by atoms with Gasteiger partial charge in [-0.25, -0.2) is 0 Å². The first kappa shape index (κ1) is 13.9. The van der Waals surface area contributed by atoms with Crippen LogP contribution in [0.15, 0.2) is 0 Å². The molecule has 1 amide bonds. The lowest BCUT2D eigenvalue weighted by Gasteiger charge is -2.25. The number of hydrogen-bond donors (Lipinski definition) is 1. The number of hydrogen-bond acceptors (Lipinski definition) is 3. The number of ether oxygens (including phenoxy) is 1. The van der Waals surface area contributed by atoms with Crippen molar-refractivity contribution in [1.29, 1.82) is 0 Å². The van der Waals surface area contributed by atoms with Crippen LogP contribution in [0, 0.1) is 0 Å². The van der Waals surface area contributed by atoms with Gasteiger partial charge in [0.25, 0.3) is 0 Å². The molecule has 5 heteroatoms. The molecule has 0 radical (unpaired) electrons. The van der Waals surface area contributed by atoms with Gasteiger partial charge in [0.1, 0.15) is 6.61 Å². The van der Waals surface area contributed by atoms with Crippen LogP contribution < -0.4 is 0 Å². The molecule has 0 aromatic carbocycles. The van der Waals surface area contributed by atoms with Gasteiger partial charge >= 0.3 is 5.97 Å². The van der Waals surface area contributed by atoms with Crippen LogP contribution in [-0.2, 0) is 14.3 Å². The van der Waals surface area contributed by atoms with Gasteiger partial charge in [-0.1, -0.05) is 0 Å². The van der Waals surface area contributed by atoms with E-state index in [9.17, 15) is 9.59 Å². The molecule has 0 unspecified atom stereocenters. The monoisotopic (exact) mass is 217 g/mol. The average molecular weight is 217 g/mol. The van der Waals surface area contributed by atoms with Crippen molar-refractivity contribution in [2.75, 3.05) is 19.8 Å². The molecular formula is C10H19NO4. The topological polar surface area (TPSA) is 66.8 Å². The fourth-order valence-electron chi connectivity index (χ4n) is 1.16. The maximum absolute atomic E-state index is 11.6. The molecule has 1 N–H and O–H groups in total. The van der Waals surface area contributed by atoms with Crippen molar-refractivity contribution in [2.24, 2.45) is 0 Å². The highest BCUT2D eigenvalue weighted by atomic mass is 16.5. The van der Waals surface area contributed by atoms with Crippen molar-refractivity contribution < 1.29 is 19.4 Å². The van der Waals surface area contributed by atoms with Gasteiger partial charge < -0.3 is 14.7 Å². The fraction of sp³-hybridized carbons (Fsp3) is 0.800. The summed E-state index contributed by atoms with van der Waals surface area (Å²) >= 11 is 0. The van der Waals surface area contributed by atoms with Crippen LogP contribution in [0.1, 0.15) is 27.2 Å². The second kappa shape index (κ2) is 7.23. The molecule has 0 fully saturated rings. The van der Waals surface area contributed by atoms with Gasteiger partial charge in [0.15, 0.2) is 0 Å². The van der Waals surface area contributed by atoms with Gasteiger partial charge in [-0.05, 0) is 20.8 Å². The third-order valence-corrected chi connectivity index (χ3v) is 1.94. The van der Waals surface area contributed by atoms with Crippen LogP contribution in [0.2, 0.25) is 0 Å². The van der Waals surface area contributed by atoms with E-state index in [-0.39, 0.29) is 31.5 Å². The van der Waals surface area contributed by atoms with Gasteiger partial charge in [0.05, 0.1) is 6.42 Å². The van der Waals surface area contributed by atoms with Gasteiger partial charge in [0, 0.05) is 19.2 Å². The summed E-state index contributed by atoms with van der Waals surface area (Å²) in [4.78, 5) is 23.5. The lowest BCUT2D eigenvalue weighted by atomic mass is 10.3. The van der Waals surface area contributed by atoms with Crippen LogP contribution in [0.5, 0.6) is 0 Å². The Morgan fingerprint density at radius 1 is 1.40 bits per heavy atom. The summed E-state index contributed by atoms with van der Waals surface area (Å²) in [6, 6.07) is -0.00249. The second-order valence-electron chi connectivity index (χ2n) is 3.46. The zero-order chi connectivity index (χ0) is 11.8. The van der Waals surface area contributed by atoms with Crippen LogP contribution in [-0.4, -0.2) is 47.7 Å². The molecule has 0 rings (SSSR count). The molecule has 0 aliphatic carbocycles. The summed E-state index contributed by atoms with van der Waals surface area (Å²) in [5, 5.41) is 8.53. The molecule has 0 atom stereocenters. The first-order valence-electron chi connectivity index (χ1n) is 5.08. The Balaban J connectivity index is 4.13. The zero-order valence-electron chi connectivity index (χ0n) is 9.52. The number of rotatable bonds is 7. The van der Waals surface area contributed by atoms with Crippen molar-refractivity contribution in [1.82, 2.24) is 4.90 Å². The molecule has 0 bridgehead atoms. The SMILES string of the molecule is CCOCC(=O)N(CCC(=O)O)C(C)C. The van der Waals surface area contributed by atoms with Crippen molar-refractivity contribution in [3.63, 3.8) is 0 Å². The lowest BCUT2D eigenvalue weighted by molar-refractivity contribution is -0.141. The number of carboxylic acids is 1. The summed E-state index contributed by atoms with van der Waals surface area (Å²) < 4.78 is 4.99. The van der Waals surface area contributed by atoms with Gasteiger partial charge in [-0.15, -0.1) is 0 Å². The minimum absolute atomic E-state index is 0.00249. The van der Waals surface area contributed by atoms with Gasteiger partial charge in [-0.3, -0.25) is 9.59 Å². The number of nitrogens with zero attached hydrogens (tertiary/aromatic N) is 1. The minimum Gasteiger partial charge on any atom is -0.481 e. The highest BCUT2D eigenvalue weighted by molar-refractivity contribution is 5.78. The summed E-state index contributed by atoms with van der Waals surface area (Å²) in [5.41, 5.74) is 0. The van der Waals surface area contributed by atoms with Crippen LogP contribution >= 0.6 is 0 Å². The Hall–Kier alpha value is -1.10. The van der Waals surface area contributed by atoms with Crippen molar-refractivity contribution in [2.45, 2.75) is 33.2 Å². The predicted molar refractivity (Wildman–Crippen MR) is 55.6 cm³/mol. The summed E-state index contributed by atoms with van der Waals surface area (Å²) in [6.07, 6.45) is -0.0317. The zero-order valence-corrected chi connectivity index (χ0v) is 9.52. The van der Waals surface area contributed by atoms with Gasteiger partial charge in [-0.2, -0.15) is 0 Å². The molecular weight excluding hydrogens is 198 g/mol. The Kier molecular flexibility index (Phi) is 6.70. The van der Waals surface area contributed by atoms with Crippen LogP contribution in [0.4, 0.5) is 0 Å². The third kappa shape index (κ3) is 6.06. The number of carbonyl (C=O) groups is 2. The first-order chi connectivity index (χ1) is 6.99. The molecule has 0 saturated heterocycles. The smallest absolute Gasteiger partial charge is 0.305 e. The number of amides is 1. The van der Waals surface area contributed by atoms with E-state index < -0.39 is 5.97 Å². The summed E-state index contributed by atoms with van der Waals surface area (Å²) in [6.45, 7) is 6.26. The Bertz CT molecular complexity index is 215. The molecule has 0 aromatic rings. The van der Waals surface area contributed by atoms with E-state index in [1.54, 1.807) is 0 Å². The maximum atomic E-state index is 11.6. The third-order valence-electron chi connectivity index (χ3n) is 1.94. The summed E-state index contributed by atoms with van der Waals surface area (Å²) in [7, 11) is 0. The van der Waals surface area contributed by atoms with E-state index in [0.717, 1.165) is 0 Å². The summed E-state index contributed by atoms with van der Waals surface area (Å²) in [5.74, 6) is -1.06. The number of carbonyl (C=O) groups excluding carboxylic acids is 1. The predicted octanol–water partition coefficient (Wildman–Crippen LogP) is 0.735. The van der Waals surface area contributed by atoms with E-state index in [2.05, 4.69) is 0 Å². The highest BCUT2D eigenvalue weighted by Crippen LogP contribution is 2.01. The maximum Gasteiger partial charge on any atom is 0.305 e. The van der Waals surface area contributed by atoms with Crippen molar-refractivity contribution in [3.8, 4) is 0 Å². The van der Waals surface area contributed by atoms with E-state index >= 15 is 0 Å². The minimum atomic E-state index is -0.898.